The zero-order valence-corrected chi connectivity index (χ0v) is 12.9. The van der Waals surface area contributed by atoms with Crippen LogP contribution in [-0.4, -0.2) is 33.4 Å². The molecule has 112 valence electrons. The van der Waals surface area contributed by atoms with E-state index in [4.69, 9.17) is 4.74 Å². The average Bonchev–Trinajstić information content (AvgIpc) is 2.48. The van der Waals surface area contributed by atoms with E-state index in [1.807, 2.05) is 6.92 Å². The Bertz CT molecular complexity index is 523. The second-order valence-corrected chi connectivity index (χ2v) is 7.37. The summed E-state index contributed by atoms with van der Waals surface area (Å²) in [5.74, 6) is 0.677. The molecule has 2 rings (SSSR count). The van der Waals surface area contributed by atoms with Gasteiger partial charge < -0.3 is 10.1 Å². The molecule has 1 aromatic carbocycles. The van der Waals surface area contributed by atoms with Gasteiger partial charge in [-0.3, -0.25) is 0 Å². The quantitative estimate of drug-likeness (QED) is 0.906. The van der Waals surface area contributed by atoms with E-state index in [0.29, 0.717) is 10.6 Å². The predicted molar refractivity (Wildman–Crippen MR) is 79.9 cm³/mol. The summed E-state index contributed by atoms with van der Waals surface area (Å²) in [5.41, 5.74) is 0. The predicted octanol–water partition coefficient (Wildman–Crippen LogP) is 2.39. The molecule has 1 aliphatic rings. The Labute approximate surface area is 121 Å². The van der Waals surface area contributed by atoms with Crippen molar-refractivity contribution in [3.8, 4) is 5.75 Å². The van der Waals surface area contributed by atoms with Crippen molar-refractivity contribution < 1.29 is 13.2 Å². The van der Waals surface area contributed by atoms with E-state index >= 15 is 0 Å². The molecule has 1 fully saturated rings. The van der Waals surface area contributed by atoms with Gasteiger partial charge in [-0.05, 0) is 43.7 Å². The van der Waals surface area contributed by atoms with Crippen LogP contribution < -0.4 is 10.1 Å². The van der Waals surface area contributed by atoms with E-state index in [-0.39, 0.29) is 11.3 Å². The molecule has 0 saturated heterocycles. The first-order valence-corrected chi connectivity index (χ1v) is 8.75. The lowest BCUT2D eigenvalue weighted by Crippen LogP contribution is -2.46. The number of ether oxygens (including phenoxy) is 1. The molecule has 0 heterocycles. The first kappa shape index (κ1) is 15.3. The molecular formula is C15H23NO3S. The van der Waals surface area contributed by atoms with Crippen LogP contribution in [0.5, 0.6) is 5.75 Å². The van der Waals surface area contributed by atoms with Crippen molar-refractivity contribution in [1.29, 1.82) is 0 Å². The number of methoxy groups -OCH3 is 1. The summed E-state index contributed by atoms with van der Waals surface area (Å²) in [7, 11) is -1.70. The van der Waals surface area contributed by atoms with Gasteiger partial charge in [0, 0.05) is 6.04 Å². The lowest BCUT2D eigenvalue weighted by atomic mass is 9.95. The summed E-state index contributed by atoms with van der Waals surface area (Å²) < 4.78 is 30.7. The number of nitrogens with one attached hydrogen (secondary N) is 1. The zero-order valence-electron chi connectivity index (χ0n) is 12.1. The van der Waals surface area contributed by atoms with Crippen molar-refractivity contribution in [3.05, 3.63) is 24.3 Å². The molecule has 0 radical (unpaired) electrons. The van der Waals surface area contributed by atoms with Crippen LogP contribution in [0.4, 0.5) is 0 Å². The molecule has 1 aliphatic carbocycles. The zero-order chi connectivity index (χ0) is 14.6. The van der Waals surface area contributed by atoms with Crippen LogP contribution in [0.3, 0.4) is 0 Å². The number of hydrogen-bond donors (Lipinski definition) is 1. The van der Waals surface area contributed by atoms with Crippen LogP contribution in [-0.2, 0) is 9.84 Å². The molecule has 1 N–H and O–H groups in total. The lowest BCUT2D eigenvalue weighted by Gasteiger charge is -2.31. The van der Waals surface area contributed by atoms with E-state index in [0.717, 1.165) is 32.2 Å². The van der Waals surface area contributed by atoms with Gasteiger partial charge in [-0.25, -0.2) is 8.42 Å². The molecule has 0 aromatic heterocycles. The molecule has 4 nitrogen and oxygen atoms in total. The van der Waals surface area contributed by atoms with E-state index in [9.17, 15) is 8.42 Å². The van der Waals surface area contributed by atoms with Gasteiger partial charge in [-0.15, -0.1) is 0 Å². The Kier molecular flexibility index (Phi) is 5.05. The van der Waals surface area contributed by atoms with Crippen LogP contribution in [0.1, 0.15) is 32.6 Å². The molecule has 5 heteroatoms. The summed E-state index contributed by atoms with van der Waals surface area (Å²) in [6.07, 6.45) is 3.77. The van der Waals surface area contributed by atoms with Crippen LogP contribution in [0.2, 0.25) is 0 Å². The van der Waals surface area contributed by atoms with Crippen molar-refractivity contribution in [1.82, 2.24) is 5.32 Å². The Morgan fingerprint density at radius 2 is 1.85 bits per heavy atom. The van der Waals surface area contributed by atoms with Crippen molar-refractivity contribution >= 4 is 9.84 Å². The van der Waals surface area contributed by atoms with Gasteiger partial charge in [0.15, 0.2) is 9.84 Å². The van der Waals surface area contributed by atoms with Gasteiger partial charge in [-0.1, -0.05) is 19.8 Å². The normalized spacial score (nSPS) is 23.5. The highest BCUT2D eigenvalue weighted by molar-refractivity contribution is 7.92. The fourth-order valence-electron chi connectivity index (χ4n) is 2.90. The second kappa shape index (κ2) is 6.59. The highest BCUT2D eigenvalue weighted by atomic mass is 32.2. The fraction of sp³-hybridized carbons (Fsp3) is 0.600. The highest BCUT2D eigenvalue weighted by Gasteiger charge is 2.35. The Balaban J connectivity index is 2.26. The maximum absolute atomic E-state index is 12.8. The summed E-state index contributed by atoms with van der Waals surface area (Å²) in [6, 6.07) is 6.77. The smallest absolute Gasteiger partial charge is 0.182 e. The van der Waals surface area contributed by atoms with Crippen molar-refractivity contribution in [2.45, 2.75) is 48.8 Å². The average molecular weight is 297 g/mol. The molecule has 2 atom stereocenters. The number of hydrogen-bond acceptors (Lipinski definition) is 4. The van der Waals surface area contributed by atoms with Crippen molar-refractivity contribution in [3.63, 3.8) is 0 Å². The molecule has 20 heavy (non-hydrogen) atoms. The topological polar surface area (TPSA) is 55.4 Å². The third-order valence-corrected chi connectivity index (χ3v) is 6.25. The summed E-state index contributed by atoms with van der Waals surface area (Å²) in [5, 5.41) is 3.01. The molecule has 0 amide bonds. The summed E-state index contributed by atoms with van der Waals surface area (Å²) in [4.78, 5) is 0.396. The lowest BCUT2D eigenvalue weighted by molar-refractivity contribution is 0.376. The maximum Gasteiger partial charge on any atom is 0.182 e. The largest absolute Gasteiger partial charge is 0.497 e. The van der Waals surface area contributed by atoms with Gasteiger partial charge in [-0.2, -0.15) is 0 Å². The van der Waals surface area contributed by atoms with Crippen LogP contribution in [0, 0.1) is 0 Å². The van der Waals surface area contributed by atoms with E-state index < -0.39 is 9.84 Å². The number of benzene rings is 1. The molecule has 0 spiro atoms. The highest BCUT2D eigenvalue weighted by Crippen LogP contribution is 2.29. The maximum atomic E-state index is 12.8. The third-order valence-electron chi connectivity index (χ3n) is 3.96. The first-order chi connectivity index (χ1) is 9.59. The van der Waals surface area contributed by atoms with Gasteiger partial charge in [0.05, 0.1) is 17.3 Å². The molecule has 0 aliphatic heterocycles. The first-order valence-electron chi connectivity index (χ1n) is 7.21. The minimum Gasteiger partial charge on any atom is -0.497 e. The summed E-state index contributed by atoms with van der Waals surface area (Å²) in [6.45, 7) is 2.82. The van der Waals surface area contributed by atoms with E-state index in [1.165, 1.54) is 0 Å². The van der Waals surface area contributed by atoms with E-state index in [1.54, 1.807) is 31.4 Å². The van der Waals surface area contributed by atoms with Crippen molar-refractivity contribution in [2.24, 2.45) is 0 Å². The van der Waals surface area contributed by atoms with Crippen molar-refractivity contribution in [2.75, 3.05) is 13.7 Å². The molecule has 1 saturated carbocycles. The van der Waals surface area contributed by atoms with Gasteiger partial charge in [0.2, 0.25) is 0 Å². The van der Waals surface area contributed by atoms with Gasteiger partial charge >= 0.3 is 0 Å². The minimum absolute atomic E-state index is 0.0702. The molecule has 0 bridgehead atoms. The molecular weight excluding hydrogens is 274 g/mol. The van der Waals surface area contributed by atoms with Gasteiger partial charge in [0.1, 0.15) is 5.75 Å². The fourth-order valence-corrected chi connectivity index (χ4v) is 4.91. The molecule has 2 unspecified atom stereocenters. The SMILES string of the molecule is CCNC1CCCCC1S(=O)(=O)c1ccc(OC)cc1. The standard InChI is InChI=1S/C15H23NO3S/c1-3-16-14-6-4-5-7-15(14)20(17,18)13-10-8-12(19-2)9-11-13/h8-11,14-16H,3-7H2,1-2H3. The van der Waals surface area contributed by atoms with E-state index in [2.05, 4.69) is 5.32 Å². The van der Waals surface area contributed by atoms with Crippen LogP contribution in [0.15, 0.2) is 29.2 Å². The van der Waals surface area contributed by atoms with Crippen LogP contribution >= 0.6 is 0 Å². The number of rotatable bonds is 5. The number of sulfone groups is 1. The Morgan fingerprint density at radius 1 is 1.20 bits per heavy atom. The van der Waals surface area contributed by atoms with Crippen LogP contribution in [0.25, 0.3) is 0 Å². The van der Waals surface area contributed by atoms with Gasteiger partial charge in [0.25, 0.3) is 0 Å². The summed E-state index contributed by atoms with van der Waals surface area (Å²) >= 11 is 0. The monoisotopic (exact) mass is 297 g/mol. The Hall–Kier alpha value is -1.07. The third kappa shape index (κ3) is 3.15. The Morgan fingerprint density at radius 3 is 2.45 bits per heavy atom. The molecule has 1 aromatic rings. The second-order valence-electron chi connectivity index (χ2n) is 5.21. The minimum atomic E-state index is -3.28.